The van der Waals surface area contributed by atoms with E-state index in [1.54, 1.807) is 0 Å². The molecule has 11 heteroatoms. The number of hydrogen-bond donors (Lipinski definition) is 2. The van der Waals surface area contributed by atoms with Gasteiger partial charge in [0, 0.05) is 6.04 Å². The molecule has 0 aliphatic heterocycles. The number of sulfone groups is 1. The first-order valence-electron chi connectivity index (χ1n) is 7.34. The Balaban J connectivity index is 2.96. The fourth-order valence-corrected chi connectivity index (χ4v) is 4.10. The van der Waals surface area contributed by atoms with Gasteiger partial charge in [-0.1, -0.05) is 11.6 Å². The number of carboxylic acid groups (broad SMARTS) is 1. The maximum atomic E-state index is 12.5. The fourth-order valence-electron chi connectivity index (χ4n) is 2.61. The van der Waals surface area contributed by atoms with Gasteiger partial charge in [-0.25, -0.2) is 13.2 Å². The Morgan fingerprint density at radius 1 is 1.38 bits per heavy atom. The number of alkyl halides is 3. The topological polar surface area (TPSA) is 95.8 Å². The van der Waals surface area contributed by atoms with Gasteiger partial charge in [0.05, 0.1) is 17.0 Å². The molecule has 0 bridgehead atoms. The lowest BCUT2D eigenvalue weighted by Crippen LogP contribution is -2.47. The molecule has 1 aliphatic rings. The van der Waals surface area contributed by atoms with Crippen LogP contribution in [-0.4, -0.2) is 54.1 Å². The normalized spacial score (nSPS) is 26.5. The average molecular weight is 393 g/mol. The summed E-state index contributed by atoms with van der Waals surface area (Å²) in [6.45, 7) is 2.99. The molecule has 0 saturated heterocycles. The molecule has 0 aromatic carbocycles. The molecule has 0 aromatic rings. The predicted molar refractivity (Wildman–Crippen MR) is 84.3 cm³/mol. The molecule has 140 valence electrons. The van der Waals surface area contributed by atoms with E-state index in [2.05, 4.69) is 10.3 Å². The highest BCUT2D eigenvalue weighted by Crippen LogP contribution is 2.31. The second kappa shape index (κ2) is 7.90. The molecule has 2 N–H and O–H groups in total. The van der Waals surface area contributed by atoms with E-state index in [0.717, 1.165) is 0 Å². The Morgan fingerprint density at radius 3 is 2.42 bits per heavy atom. The second-order valence-electron chi connectivity index (χ2n) is 6.08. The third-order valence-electron chi connectivity index (χ3n) is 3.96. The van der Waals surface area contributed by atoms with Crippen molar-refractivity contribution < 1.29 is 31.5 Å². The van der Waals surface area contributed by atoms with Crippen LogP contribution in [-0.2, 0) is 9.84 Å². The molecule has 0 unspecified atom stereocenters. The lowest BCUT2D eigenvalue weighted by molar-refractivity contribution is -0.0563. The highest BCUT2D eigenvalue weighted by atomic mass is 35.5. The molecule has 0 radical (unpaired) electrons. The van der Waals surface area contributed by atoms with Crippen molar-refractivity contribution >= 4 is 32.7 Å². The van der Waals surface area contributed by atoms with Crippen molar-refractivity contribution in [2.45, 2.75) is 56.6 Å². The maximum Gasteiger partial charge on any atom is 0.444 e. The Bertz CT molecular complexity index is 593. The van der Waals surface area contributed by atoms with Crippen LogP contribution in [0.3, 0.4) is 0 Å². The minimum atomic E-state index is -4.75. The minimum absolute atomic E-state index is 0.0171. The standard InChI is InChI=1S/C13H20ClF3N2O4S/c1-7(2)24(22,23)6-8-5-9(18-11(14)13(15,16)17)3-4-10(8)19-12(20)21/h7-10,19H,3-6H2,1-2H3,(H,20,21)/t8-,9-,10+/m1/s1. The predicted octanol–water partition coefficient (Wildman–Crippen LogP) is 2.81. The van der Waals surface area contributed by atoms with Gasteiger partial charge in [-0.15, -0.1) is 0 Å². The van der Waals surface area contributed by atoms with E-state index in [-0.39, 0.29) is 25.0 Å². The summed E-state index contributed by atoms with van der Waals surface area (Å²) in [5, 5.41) is 8.95. The highest BCUT2D eigenvalue weighted by molar-refractivity contribution is 7.91. The van der Waals surface area contributed by atoms with Gasteiger partial charge >= 0.3 is 12.3 Å². The van der Waals surface area contributed by atoms with Gasteiger partial charge in [0.1, 0.15) is 0 Å². The number of nitrogens with zero attached hydrogens (tertiary/aromatic N) is 1. The van der Waals surface area contributed by atoms with Crippen molar-refractivity contribution in [3.8, 4) is 0 Å². The zero-order valence-corrected chi connectivity index (χ0v) is 14.7. The van der Waals surface area contributed by atoms with Crippen LogP contribution in [0.1, 0.15) is 33.1 Å². The number of hydrogen-bond acceptors (Lipinski definition) is 4. The van der Waals surface area contributed by atoms with Crippen molar-refractivity contribution in [3.63, 3.8) is 0 Å². The molecule has 1 aliphatic carbocycles. The summed E-state index contributed by atoms with van der Waals surface area (Å²) in [6, 6.07) is -1.44. The summed E-state index contributed by atoms with van der Waals surface area (Å²) < 4.78 is 61.6. The van der Waals surface area contributed by atoms with Gasteiger partial charge in [0.15, 0.2) is 9.84 Å². The number of nitrogens with one attached hydrogen (secondary N) is 1. The number of halogens is 4. The number of carbonyl (C=O) groups is 1. The summed E-state index contributed by atoms with van der Waals surface area (Å²) in [4.78, 5) is 14.3. The molecule has 3 atom stereocenters. The Labute approximate surface area is 143 Å². The van der Waals surface area contributed by atoms with Gasteiger partial charge in [-0.3, -0.25) is 4.99 Å². The zero-order chi connectivity index (χ0) is 18.7. The number of amides is 1. The maximum absolute atomic E-state index is 12.5. The largest absolute Gasteiger partial charge is 0.465 e. The fraction of sp³-hybridized carbons (Fsp3) is 0.846. The van der Waals surface area contributed by atoms with Crippen molar-refractivity contribution in [1.29, 1.82) is 0 Å². The quantitative estimate of drug-likeness (QED) is 0.703. The Morgan fingerprint density at radius 2 is 1.96 bits per heavy atom. The van der Waals surface area contributed by atoms with E-state index in [0.29, 0.717) is 0 Å². The summed E-state index contributed by atoms with van der Waals surface area (Å²) >= 11 is 5.14. The van der Waals surface area contributed by atoms with E-state index in [1.807, 2.05) is 0 Å². The van der Waals surface area contributed by atoms with Gasteiger partial charge < -0.3 is 10.4 Å². The molecule has 6 nitrogen and oxygen atoms in total. The molecular weight excluding hydrogens is 373 g/mol. The van der Waals surface area contributed by atoms with Crippen LogP contribution >= 0.6 is 11.6 Å². The van der Waals surface area contributed by atoms with Crippen LogP contribution in [0, 0.1) is 5.92 Å². The Kier molecular flexibility index (Phi) is 6.92. The van der Waals surface area contributed by atoms with Crippen LogP contribution < -0.4 is 5.32 Å². The molecule has 1 rings (SSSR count). The van der Waals surface area contributed by atoms with E-state index in [1.165, 1.54) is 13.8 Å². The average Bonchev–Trinajstić information content (AvgIpc) is 2.39. The van der Waals surface area contributed by atoms with Crippen LogP contribution in [0.25, 0.3) is 0 Å². The van der Waals surface area contributed by atoms with E-state index in [9.17, 15) is 26.4 Å². The lowest BCUT2D eigenvalue weighted by atomic mass is 9.83. The highest BCUT2D eigenvalue weighted by Gasteiger charge is 2.38. The van der Waals surface area contributed by atoms with Crippen LogP contribution in [0.5, 0.6) is 0 Å². The van der Waals surface area contributed by atoms with E-state index < -0.39 is 50.5 Å². The first kappa shape index (κ1) is 21.0. The third kappa shape index (κ3) is 6.12. The smallest absolute Gasteiger partial charge is 0.444 e. The van der Waals surface area contributed by atoms with Gasteiger partial charge in [-0.05, 0) is 39.0 Å². The monoisotopic (exact) mass is 392 g/mol. The number of rotatable bonds is 5. The summed E-state index contributed by atoms with van der Waals surface area (Å²) in [5.41, 5.74) is 0. The van der Waals surface area contributed by atoms with E-state index >= 15 is 0 Å². The van der Waals surface area contributed by atoms with Gasteiger partial charge in [0.25, 0.3) is 0 Å². The van der Waals surface area contributed by atoms with Crippen molar-refractivity contribution in [2.24, 2.45) is 10.9 Å². The minimum Gasteiger partial charge on any atom is -0.465 e. The van der Waals surface area contributed by atoms with Crippen LogP contribution in [0.15, 0.2) is 4.99 Å². The lowest BCUT2D eigenvalue weighted by Gasteiger charge is -2.34. The summed E-state index contributed by atoms with van der Waals surface area (Å²) in [5.74, 6) is -0.973. The van der Waals surface area contributed by atoms with E-state index in [4.69, 9.17) is 16.7 Å². The molecular formula is C13H20ClF3N2O4S. The van der Waals surface area contributed by atoms with Crippen LogP contribution in [0.4, 0.5) is 18.0 Å². The first-order chi connectivity index (χ1) is 10.8. The molecule has 1 amide bonds. The third-order valence-corrected chi connectivity index (χ3v) is 6.60. The Hall–Kier alpha value is -1.03. The second-order valence-corrected chi connectivity index (χ2v) is 9.04. The van der Waals surface area contributed by atoms with Crippen molar-refractivity contribution in [3.05, 3.63) is 0 Å². The summed E-state index contributed by atoms with van der Waals surface area (Å²) in [6.07, 6.45) is -5.65. The van der Waals surface area contributed by atoms with Gasteiger partial charge in [-0.2, -0.15) is 13.2 Å². The first-order valence-corrected chi connectivity index (χ1v) is 9.43. The molecule has 1 fully saturated rings. The number of aliphatic imine (C=N–C) groups is 1. The molecule has 1 saturated carbocycles. The zero-order valence-electron chi connectivity index (χ0n) is 13.2. The molecule has 24 heavy (non-hydrogen) atoms. The molecule has 0 heterocycles. The van der Waals surface area contributed by atoms with Gasteiger partial charge in [0.2, 0.25) is 5.17 Å². The van der Waals surface area contributed by atoms with Crippen molar-refractivity contribution in [2.75, 3.05) is 5.75 Å². The van der Waals surface area contributed by atoms with Crippen LogP contribution in [0.2, 0.25) is 0 Å². The SMILES string of the molecule is CC(C)S(=O)(=O)C[C@H]1C[C@H](N=C(Cl)C(F)(F)F)CC[C@@H]1NC(=O)O. The van der Waals surface area contributed by atoms with Crippen molar-refractivity contribution in [1.82, 2.24) is 5.32 Å². The molecule has 0 aromatic heterocycles. The summed E-state index contributed by atoms with van der Waals surface area (Å²) in [7, 11) is -3.48. The molecule has 0 spiro atoms.